The van der Waals surface area contributed by atoms with Crippen molar-refractivity contribution < 1.29 is 9.53 Å². The van der Waals surface area contributed by atoms with Gasteiger partial charge in [-0.15, -0.1) is 0 Å². The number of hydrogen-bond donors (Lipinski definition) is 0. The van der Waals surface area contributed by atoms with E-state index in [1.165, 1.54) is 49.7 Å². The molecule has 0 spiro atoms. The van der Waals surface area contributed by atoms with Crippen LogP contribution in [0.2, 0.25) is 0 Å². The smallest absolute Gasteiger partial charge is 0.343 e. The van der Waals surface area contributed by atoms with E-state index in [4.69, 9.17) is 4.74 Å². The van der Waals surface area contributed by atoms with Crippen molar-refractivity contribution in [1.29, 1.82) is 0 Å². The van der Waals surface area contributed by atoms with Gasteiger partial charge in [0.05, 0.1) is 5.56 Å². The number of rotatable bonds is 7. The van der Waals surface area contributed by atoms with Crippen LogP contribution in [0.25, 0.3) is 5.57 Å². The number of esters is 1. The van der Waals surface area contributed by atoms with Crippen LogP contribution in [-0.4, -0.2) is 5.97 Å². The zero-order chi connectivity index (χ0) is 19.1. The third-order valence-electron chi connectivity index (χ3n) is 5.46. The molecule has 0 bridgehead atoms. The van der Waals surface area contributed by atoms with Crippen molar-refractivity contribution >= 4 is 11.5 Å². The number of carbonyl (C=O) groups is 1. The van der Waals surface area contributed by atoms with Gasteiger partial charge in [-0.25, -0.2) is 4.79 Å². The standard InChI is InChI=1S/C25H30O2/c1-3-4-5-6-20-9-11-21(12-10-20)22-13-15-23(16-14-22)25(26)27-24-17-7-19(2)8-18-24/h7-8,11,13-18,20H,3-6,9-10,12H2,1-2H3. The van der Waals surface area contributed by atoms with E-state index >= 15 is 0 Å². The second kappa shape index (κ2) is 9.55. The molecule has 0 N–H and O–H groups in total. The lowest BCUT2D eigenvalue weighted by Gasteiger charge is -2.22. The van der Waals surface area contributed by atoms with Gasteiger partial charge in [0.2, 0.25) is 0 Å². The van der Waals surface area contributed by atoms with E-state index in [1.807, 2.05) is 43.3 Å². The first-order valence-electron chi connectivity index (χ1n) is 10.2. The summed E-state index contributed by atoms with van der Waals surface area (Å²) in [6, 6.07) is 15.4. The van der Waals surface area contributed by atoms with Gasteiger partial charge in [0, 0.05) is 0 Å². The van der Waals surface area contributed by atoms with Gasteiger partial charge in [-0.3, -0.25) is 0 Å². The number of hydrogen-bond acceptors (Lipinski definition) is 2. The van der Waals surface area contributed by atoms with Crippen molar-refractivity contribution in [2.75, 3.05) is 0 Å². The largest absolute Gasteiger partial charge is 0.423 e. The van der Waals surface area contributed by atoms with Gasteiger partial charge >= 0.3 is 5.97 Å². The molecule has 2 nitrogen and oxygen atoms in total. The fraction of sp³-hybridized carbons (Fsp3) is 0.400. The number of ether oxygens (including phenoxy) is 1. The van der Waals surface area contributed by atoms with Gasteiger partial charge in [0.1, 0.15) is 5.75 Å². The molecule has 142 valence electrons. The number of carbonyl (C=O) groups excluding carboxylic acids is 1. The summed E-state index contributed by atoms with van der Waals surface area (Å²) in [7, 11) is 0. The summed E-state index contributed by atoms with van der Waals surface area (Å²) in [6.45, 7) is 4.27. The fourth-order valence-electron chi connectivity index (χ4n) is 3.69. The zero-order valence-corrected chi connectivity index (χ0v) is 16.5. The highest BCUT2D eigenvalue weighted by atomic mass is 16.5. The first kappa shape index (κ1) is 19.4. The Morgan fingerprint density at radius 2 is 1.78 bits per heavy atom. The van der Waals surface area contributed by atoms with Gasteiger partial charge in [0.15, 0.2) is 0 Å². The van der Waals surface area contributed by atoms with Crippen molar-refractivity contribution in [3.8, 4) is 5.75 Å². The second-order valence-corrected chi connectivity index (χ2v) is 7.65. The Kier molecular flexibility index (Phi) is 6.86. The van der Waals surface area contributed by atoms with E-state index in [9.17, 15) is 4.79 Å². The maximum atomic E-state index is 12.3. The first-order valence-corrected chi connectivity index (χ1v) is 10.2. The predicted molar refractivity (Wildman–Crippen MR) is 112 cm³/mol. The predicted octanol–water partition coefficient (Wildman–Crippen LogP) is 6.98. The lowest BCUT2D eigenvalue weighted by atomic mass is 9.84. The van der Waals surface area contributed by atoms with Crippen LogP contribution in [-0.2, 0) is 0 Å². The summed E-state index contributed by atoms with van der Waals surface area (Å²) in [4.78, 5) is 12.3. The second-order valence-electron chi connectivity index (χ2n) is 7.65. The molecule has 0 fully saturated rings. The van der Waals surface area contributed by atoms with Crippen molar-refractivity contribution in [2.45, 2.75) is 58.8 Å². The average molecular weight is 363 g/mol. The Labute approximate surface area is 163 Å². The minimum atomic E-state index is -0.306. The molecule has 27 heavy (non-hydrogen) atoms. The highest BCUT2D eigenvalue weighted by Crippen LogP contribution is 2.33. The highest BCUT2D eigenvalue weighted by Gasteiger charge is 2.16. The van der Waals surface area contributed by atoms with E-state index < -0.39 is 0 Å². The minimum absolute atomic E-state index is 0.306. The van der Waals surface area contributed by atoms with E-state index in [1.54, 1.807) is 0 Å². The van der Waals surface area contributed by atoms with Crippen LogP contribution in [0.4, 0.5) is 0 Å². The molecule has 0 amide bonds. The molecule has 2 heteroatoms. The fourth-order valence-corrected chi connectivity index (χ4v) is 3.69. The summed E-state index contributed by atoms with van der Waals surface area (Å²) >= 11 is 0. The monoisotopic (exact) mass is 362 g/mol. The molecule has 0 saturated carbocycles. The van der Waals surface area contributed by atoms with Gasteiger partial charge < -0.3 is 4.74 Å². The molecule has 0 aromatic heterocycles. The molecule has 0 aliphatic heterocycles. The Hall–Kier alpha value is -2.35. The van der Waals surface area contributed by atoms with Crippen LogP contribution in [0.15, 0.2) is 54.6 Å². The van der Waals surface area contributed by atoms with Gasteiger partial charge in [-0.05, 0) is 67.5 Å². The Morgan fingerprint density at radius 3 is 2.41 bits per heavy atom. The molecule has 1 unspecified atom stereocenters. The van der Waals surface area contributed by atoms with Crippen LogP contribution in [0.5, 0.6) is 5.75 Å². The molecule has 2 aromatic rings. The molecule has 1 atom stereocenters. The average Bonchev–Trinajstić information content (AvgIpc) is 2.70. The molecule has 3 rings (SSSR count). The molecular formula is C25H30O2. The van der Waals surface area contributed by atoms with E-state index in [-0.39, 0.29) is 5.97 Å². The quantitative estimate of drug-likeness (QED) is 0.302. The molecule has 1 aliphatic carbocycles. The number of benzene rings is 2. The first-order chi connectivity index (χ1) is 13.2. The maximum absolute atomic E-state index is 12.3. The zero-order valence-electron chi connectivity index (χ0n) is 16.5. The molecule has 2 aromatic carbocycles. The van der Waals surface area contributed by atoms with Crippen molar-refractivity contribution in [3.63, 3.8) is 0 Å². The number of aryl methyl sites for hydroxylation is 1. The molecule has 1 aliphatic rings. The lowest BCUT2D eigenvalue weighted by Crippen LogP contribution is -2.09. The Morgan fingerprint density at radius 1 is 1.04 bits per heavy atom. The van der Waals surface area contributed by atoms with Crippen molar-refractivity contribution in [2.24, 2.45) is 5.92 Å². The maximum Gasteiger partial charge on any atom is 0.343 e. The Bertz CT molecular complexity index is 769. The van der Waals surface area contributed by atoms with Crippen molar-refractivity contribution in [3.05, 3.63) is 71.3 Å². The molecular weight excluding hydrogens is 332 g/mol. The summed E-state index contributed by atoms with van der Waals surface area (Å²) < 4.78 is 5.45. The molecule has 0 saturated heterocycles. The highest BCUT2D eigenvalue weighted by molar-refractivity contribution is 5.91. The van der Waals surface area contributed by atoms with Crippen LogP contribution < -0.4 is 4.74 Å². The van der Waals surface area contributed by atoms with E-state index in [0.717, 1.165) is 17.9 Å². The van der Waals surface area contributed by atoms with Crippen LogP contribution in [0, 0.1) is 12.8 Å². The SMILES string of the molecule is CCCCCC1CC=C(c2ccc(C(=O)Oc3ccc(C)cc3)cc2)CC1. The van der Waals surface area contributed by atoms with Crippen LogP contribution in [0.1, 0.15) is 73.4 Å². The van der Waals surface area contributed by atoms with Gasteiger partial charge in [0.25, 0.3) is 0 Å². The third kappa shape index (κ3) is 5.56. The summed E-state index contributed by atoms with van der Waals surface area (Å²) in [5, 5.41) is 0. The normalized spacial score (nSPS) is 16.7. The van der Waals surface area contributed by atoms with Gasteiger partial charge in [-0.1, -0.05) is 68.5 Å². The number of unbranched alkanes of at least 4 members (excludes halogenated alkanes) is 2. The van der Waals surface area contributed by atoms with Crippen LogP contribution >= 0.6 is 0 Å². The Balaban J connectivity index is 1.57. The molecule has 0 heterocycles. The minimum Gasteiger partial charge on any atom is -0.423 e. The topological polar surface area (TPSA) is 26.3 Å². The van der Waals surface area contributed by atoms with E-state index in [0.29, 0.717) is 11.3 Å². The van der Waals surface area contributed by atoms with E-state index in [2.05, 4.69) is 25.1 Å². The summed E-state index contributed by atoms with van der Waals surface area (Å²) in [5.41, 5.74) is 4.38. The van der Waals surface area contributed by atoms with Crippen LogP contribution in [0.3, 0.4) is 0 Å². The lowest BCUT2D eigenvalue weighted by molar-refractivity contribution is 0.0734. The van der Waals surface area contributed by atoms with Gasteiger partial charge in [-0.2, -0.15) is 0 Å². The third-order valence-corrected chi connectivity index (χ3v) is 5.46. The number of allylic oxidation sites excluding steroid dienone is 2. The summed E-state index contributed by atoms with van der Waals surface area (Å²) in [5.74, 6) is 1.13. The molecule has 0 radical (unpaired) electrons. The summed E-state index contributed by atoms with van der Waals surface area (Å²) in [6.07, 6.45) is 11.4. The van der Waals surface area contributed by atoms with Crippen molar-refractivity contribution in [1.82, 2.24) is 0 Å².